The monoisotopic (exact) mass is 301 g/mol. The number of methoxy groups -OCH3 is 1. The number of halogens is 3. The molecule has 1 heterocycles. The fourth-order valence-corrected chi connectivity index (χ4v) is 0.793. The average Bonchev–Trinajstić information content (AvgIpc) is 2.76. The van der Waals surface area contributed by atoms with Crippen LogP contribution in [0.1, 0.15) is 24.8 Å². The van der Waals surface area contributed by atoms with Crippen molar-refractivity contribution in [3.05, 3.63) is 11.8 Å². The normalized spacial score (nSPS) is 14.2. The Bertz CT molecular complexity index is 421. The third-order valence-electron chi connectivity index (χ3n) is 1.74. The molecule has 0 aliphatic heterocycles. The van der Waals surface area contributed by atoms with E-state index in [1.165, 1.54) is 7.11 Å². The predicted molar refractivity (Wildman–Crippen MR) is 57.3 cm³/mol. The first-order valence-electron chi connectivity index (χ1n) is 5.14. The second kappa shape index (κ2) is 7.77. The number of carboxylic acid groups (broad SMARTS) is 1. The summed E-state index contributed by atoms with van der Waals surface area (Å²) in [5.74, 6) is -2.30. The van der Waals surface area contributed by atoms with E-state index in [2.05, 4.69) is 10.2 Å². The molecule has 1 aromatic rings. The Hall–Kier alpha value is -1.72. The van der Waals surface area contributed by atoms with Crippen molar-refractivity contribution in [2.24, 2.45) is 5.73 Å². The first-order valence-corrected chi connectivity index (χ1v) is 5.14. The number of aliphatic hydroxyl groups excluding tert-OH is 1. The Labute approximate surface area is 111 Å². The molecular weight excluding hydrogens is 287 g/mol. The molecule has 2 atom stereocenters. The molecule has 4 N–H and O–H groups in total. The van der Waals surface area contributed by atoms with Gasteiger partial charge >= 0.3 is 12.1 Å². The lowest BCUT2D eigenvalue weighted by Gasteiger charge is -2.08. The van der Waals surface area contributed by atoms with Crippen LogP contribution in [0, 0.1) is 0 Å². The van der Waals surface area contributed by atoms with E-state index in [9.17, 15) is 18.3 Å². The molecule has 0 bridgehead atoms. The molecule has 8 nitrogen and oxygen atoms in total. The van der Waals surface area contributed by atoms with Gasteiger partial charge < -0.3 is 25.1 Å². The quantitative estimate of drug-likeness (QED) is 0.720. The number of aromatic nitrogens is 2. The maximum absolute atomic E-state index is 10.6. The lowest BCUT2D eigenvalue weighted by molar-refractivity contribution is -0.192. The fraction of sp³-hybridized carbons (Fsp3) is 0.667. The van der Waals surface area contributed by atoms with E-state index in [1.807, 2.05) is 0 Å². The summed E-state index contributed by atoms with van der Waals surface area (Å²) in [5, 5.41) is 23.8. The third-order valence-corrected chi connectivity index (χ3v) is 1.74. The van der Waals surface area contributed by atoms with Crippen LogP contribution in [0.3, 0.4) is 0 Å². The fourth-order valence-electron chi connectivity index (χ4n) is 0.793. The Morgan fingerprint density at radius 2 is 2.00 bits per heavy atom. The van der Waals surface area contributed by atoms with Gasteiger partial charge in [0, 0.05) is 13.2 Å². The van der Waals surface area contributed by atoms with Crippen molar-refractivity contribution in [3.8, 4) is 0 Å². The lowest BCUT2D eigenvalue weighted by atomic mass is 10.2. The van der Waals surface area contributed by atoms with Crippen LogP contribution >= 0.6 is 0 Å². The molecule has 1 aromatic heterocycles. The topological polar surface area (TPSA) is 132 Å². The summed E-state index contributed by atoms with van der Waals surface area (Å²) in [6.45, 7) is 1.89. The van der Waals surface area contributed by atoms with Crippen molar-refractivity contribution in [1.29, 1.82) is 0 Å². The summed E-state index contributed by atoms with van der Waals surface area (Å²) < 4.78 is 41.6. The average molecular weight is 301 g/mol. The van der Waals surface area contributed by atoms with Gasteiger partial charge in [0.1, 0.15) is 12.7 Å². The van der Waals surface area contributed by atoms with Gasteiger partial charge in [-0.1, -0.05) is 0 Å². The molecule has 0 amide bonds. The van der Waals surface area contributed by atoms with Crippen molar-refractivity contribution >= 4 is 5.97 Å². The summed E-state index contributed by atoms with van der Waals surface area (Å²) in [7, 11) is 1.52. The molecule has 0 aliphatic rings. The summed E-state index contributed by atoms with van der Waals surface area (Å²) in [6, 6.07) is -0.434. The molecule has 0 aliphatic carbocycles. The highest BCUT2D eigenvalue weighted by Gasteiger charge is 2.38. The largest absolute Gasteiger partial charge is 0.490 e. The van der Waals surface area contributed by atoms with Gasteiger partial charge in [0.2, 0.25) is 11.8 Å². The van der Waals surface area contributed by atoms with Crippen molar-refractivity contribution in [1.82, 2.24) is 10.2 Å². The first-order chi connectivity index (χ1) is 9.09. The minimum Gasteiger partial charge on any atom is -0.475 e. The Kier molecular flexibility index (Phi) is 7.10. The summed E-state index contributed by atoms with van der Waals surface area (Å²) in [4.78, 5) is 8.90. The SMILES string of the molecule is COCc1nnc(C(O)C(C)N)o1.O=C(O)C(F)(F)F. The van der Waals surface area contributed by atoms with E-state index < -0.39 is 24.3 Å². The third kappa shape index (κ3) is 6.45. The number of hydrogen-bond acceptors (Lipinski definition) is 7. The Morgan fingerprint density at radius 1 is 1.50 bits per heavy atom. The summed E-state index contributed by atoms with van der Waals surface area (Å²) in [5.41, 5.74) is 5.44. The predicted octanol–water partition coefficient (Wildman–Crippen LogP) is 0.230. The molecule has 20 heavy (non-hydrogen) atoms. The molecule has 0 spiro atoms. The van der Waals surface area contributed by atoms with E-state index in [-0.39, 0.29) is 12.5 Å². The minimum absolute atomic E-state index is 0.127. The molecular formula is C9H14F3N3O5. The summed E-state index contributed by atoms with van der Waals surface area (Å²) >= 11 is 0. The van der Waals surface area contributed by atoms with Crippen molar-refractivity contribution in [2.45, 2.75) is 31.9 Å². The van der Waals surface area contributed by atoms with Gasteiger partial charge in [0.05, 0.1) is 0 Å². The van der Waals surface area contributed by atoms with E-state index in [1.54, 1.807) is 6.92 Å². The number of rotatable bonds is 4. The van der Waals surface area contributed by atoms with Gasteiger partial charge in [-0.3, -0.25) is 0 Å². The number of carbonyl (C=O) groups is 1. The van der Waals surface area contributed by atoms with E-state index in [0.29, 0.717) is 5.89 Å². The molecule has 11 heteroatoms. The van der Waals surface area contributed by atoms with Gasteiger partial charge in [-0.25, -0.2) is 4.79 Å². The number of nitrogens with two attached hydrogens (primary N) is 1. The van der Waals surface area contributed by atoms with Crippen LogP contribution in [0.15, 0.2) is 4.42 Å². The molecule has 1 rings (SSSR count). The number of hydrogen-bond donors (Lipinski definition) is 3. The second-order valence-corrected chi connectivity index (χ2v) is 3.57. The molecule has 2 unspecified atom stereocenters. The van der Waals surface area contributed by atoms with Crippen molar-refractivity contribution < 1.29 is 37.3 Å². The van der Waals surface area contributed by atoms with Gasteiger partial charge in [-0.05, 0) is 6.92 Å². The van der Waals surface area contributed by atoms with E-state index in [0.717, 1.165) is 0 Å². The van der Waals surface area contributed by atoms with Crippen LogP contribution in [0.4, 0.5) is 13.2 Å². The molecule has 0 saturated heterocycles. The Morgan fingerprint density at radius 3 is 2.35 bits per heavy atom. The number of aliphatic hydroxyl groups is 1. The summed E-state index contributed by atoms with van der Waals surface area (Å²) in [6.07, 6.45) is -6.00. The number of alkyl halides is 3. The number of ether oxygens (including phenoxy) is 1. The van der Waals surface area contributed by atoms with Crippen molar-refractivity contribution in [2.75, 3.05) is 7.11 Å². The maximum Gasteiger partial charge on any atom is 0.490 e. The highest BCUT2D eigenvalue weighted by Crippen LogP contribution is 2.14. The van der Waals surface area contributed by atoms with Crippen LogP contribution in [-0.2, 0) is 16.1 Å². The van der Waals surface area contributed by atoms with Crippen molar-refractivity contribution in [3.63, 3.8) is 0 Å². The van der Waals surface area contributed by atoms with Crippen LogP contribution in [0.25, 0.3) is 0 Å². The highest BCUT2D eigenvalue weighted by atomic mass is 19.4. The minimum atomic E-state index is -5.08. The molecule has 0 radical (unpaired) electrons. The van der Waals surface area contributed by atoms with Gasteiger partial charge in [0.25, 0.3) is 0 Å². The standard InChI is InChI=1S/C7H13N3O3.C2HF3O2/c1-4(8)6(11)7-10-9-5(13-7)3-12-2;3-2(4,5)1(6)7/h4,6,11H,3,8H2,1-2H3;(H,6,7). The molecule has 0 saturated carbocycles. The first kappa shape index (κ1) is 18.3. The lowest BCUT2D eigenvalue weighted by Crippen LogP contribution is -2.24. The zero-order chi connectivity index (χ0) is 15.9. The van der Waals surface area contributed by atoms with Crippen LogP contribution in [0.5, 0.6) is 0 Å². The van der Waals surface area contributed by atoms with Crippen LogP contribution < -0.4 is 5.73 Å². The highest BCUT2D eigenvalue weighted by molar-refractivity contribution is 5.73. The maximum atomic E-state index is 10.6. The number of carboxylic acids is 1. The van der Waals surface area contributed by atoms with Crippen LogP contribution in [-0.4, -0.2) is 45.7 Å². The Balaban J connectivity index is 0.000000441. The van der Waals surface area contributed by atoms with E-state index in [4.69, 9.17) is 24.8 Å². The zero-order valence-corrected chi connectivity index (χ0v) is 10.6. The number of nitrogens with zero attached hydrogens (tertiary/aromatic N) is 2. The molecule has 0 fully saturated rings. The van der Waals surface area contributed by atoms with Gasteiger partial charge in [0.15, 0.2) is 0 Å². The van der Waals surface area contributed by atoms with Gasteiger partial charge in [-0.15, -0.1) is 10.2 Å². The number of aliphatic carboxylic acids is 1. The molecule has 0 aromatic carbocycles. The van der Waals surface area contributed by atoms with Gasteiger partial charge in [-0.2, -0.15) is 13.2 Å². The van der Waals surface area contributed by atoms with Crippen LogP contribution in [0.2, 0.25) is 0 Å². The smallest absolute Gasteiger partial charge is 0.475 e. The molecule has 116 valence electrons. The van der Waals surface area contributed by atoms with E-state index >= 15 is 0 Å². The zero-order valence-electron chi connectivity index (χ0n) is 10.6. The second-order valence-electron chi connectivity index (χ2n) is 3.57.